The van der Waals surface area contributed by atoms with Crippen LogP contribution in [0.1, 0.15) is 49.8 Å². The van der Waals surface area contributed by atoms with E-state index in [0.29, 0.717) is 5.56 Å². The molecule has 0 amide bonds. The molecular formula is C15H20N2O2. The molecule has 0 aliphatic heterocycles. The Morgan fingerprint density at radius 2 is 2.11 bits per heavy atom. The molecule has 2 aromatic rings. The first-order valence-corrected chi connectivity index (χ1v) is 6.59. The first-order chi connectivity index (χ1) is 8.86. The molecule has 1 aromatic heterocycles. The molecule has 1 heterocycles. The molecule has 0 radical (unpaired) electrons. The maximum absolute atomic E-state index is 11.1. The number of carboxylic acids is 1. The van der Waals surface area contributed by atoms with Crippen molar-refractivity contribution in [1.82, 2.24) is 9.55 Å². The van der Waals surface area contributed by atoms with Crippen molar-refractivity contribution in [3.63, 3.8) is 0 Å². The van der Waals surface area contributed by atoms with Crippen molar-refractivity contribution in [1.29, 1.82) is 0 Å². The minimum atomic E-state index is -0.902. The summed E-state index contributed by atoms with van der Waals surface area (Å²) in [7, 11) is 0. The van der Waals surface area contributed by atoms with E-state index in [4.69, 9.17) is 5.11 Å². The summed E-state index contributed by atoms with van der Waals surface area (Å²) in [5.41, 5.74) is 1.99. The number of aromatic carboxylic acids is 1. The topological polar surface area (TPSA) is 55.1 Å². The SMILES string of the molecule is CCCC(C)(C)n1c(C)nc2ccc(C(=O)O)cc21. The monoisotopic (exact) mass is 260 g/mol. The lowest BCUT2D eigenvalue weighted by Crippen LogP contribution is -2.27. The van der Waals surface area contributed by atoms with Crippen LogP contribution in [0.2, 0.25) is 0 Å². The van der Waals surface area contributed by atoms with Crippen LogP contribution in [0.15, 0.2) is 18.2 Å². The van der Waals surface area contributed by atoms with E-state index in [-0.39, 0.29) is 5.54 Å². The van der Waals surface area contributed by atoms with Gasteiger partial charge in [-0.2, -0.15) is 0 Å². The predicted molar refractivity (Wildman–Crippen MR) is 75.7 cm³/mol. The highest BCUT2D eigenvalue weighted by Gasteiger charge is 2.24. The van der Waals surface area contributed by atoms with Gasteiger partial charge in [0.25, 0.3) is 0 Å². The quantitative estimate of drug-likeness (QED) is 0.914. The Hall–Kier alpha value is -1.84. The van der Waals surface area contributed by atoms with E-state index < -0.39 is 5.97 Å². The van der Waals surface area contributed by atoms with Gasteiger partial charge in [-0.3, -0.25) is 0 Å². The minimum Gasteiger partial charge on any atom is -0.478 e. The zero-order chi connectivity index (χ0) is 14.2. The Kier molecular flexibility index (Phi) is 3.35. The molecule has 2 rings (SSSR count). The fourth-order valence-electron chi connectivity index (χ4n) is 2.82. The van der Waals surface area contributed by atoms with Crippen molar-refractivity contribution in [2.75, 3.05) is 0 Å². The van der Waals surface area contributed by atoms with Gasteiger partial charge in [0, 0.05) is 5.54 Å². The molecular weight excluding hydrogens is 240 g/mol. The van der Waals surface area contributed by atoms with Gasteiger partial charge in [-0.1, -0.05) is 13.3 Å². The van der Waals surface area contributed by atoms with Gasteiger partial charge in [0.15, 0.2) is 0 Å². The standard InChI is InChI=1S/C15H20N2O2/c1-5-8-15(3,4)17-10(2)16-12-7-6-11(14(18)19)9-13(12)17/h6-7,9H,5,8H2,1-4H3,(H,18,19). The van der Waals surface area contributed by atoms with Crippen LogP contribution in [0.5, 0.6) is 0 Å². The van der Waals surface area contributed by atoms with E-state index in [1.54, 1.807) is 18.2 Å². The minimum absolute atomic E-state index is 0.0648. The lowest BCUT2D eigenvalue weighted by Gasteiger charge is -2.28. The Labute approximate surface area is 113 Å². The molecule has 19 heavy (non-hydrogen) atoms. The Balaban J connectivity index is 2.68. The molecule has 0 aliphatic rings. The largest absolute Gasteiger partial charge is 0.478 e. The predicted octanol–water partition coefficient (Wildman–Crippen LogP) is 3.58. The Morgan fingerprint density at radius 3 is 2.68 bits per heavy atom. The Bertz CT molecular complexity index is 626. The van der Waals surface area contributed by atoms with Crippen LogP contribution in [0.4, 0.5) is 0 Å². The number of benzene rings is 1. The van der Waals surface area contributed by atoms with E-state index in [1.165, 1.54) is 0 Å². The molecule has 0 aliphatic carbocycles. The third-order valence-corrected chi connectivity index (χ3v) is 3.54. The molecule has 0 saturated heterocycles. The first-order valence-electron chi connectivity index (χ1n) is 6.59. The molecule has 0 fully saturated rings. The molecule has 4 nitrogen and oxygen atoms in total. The summed E-state index contributed by atoms with van der Waals surface area (Å²) in [6.07, 6.45) is 2.10. The van der Waals surface area contributed by atoms with Crippen molar-refractivity contribution in [2.24, 2.45) is 0 Å². The second kappa shape index (κ2) is 4.68. The normalized spacial score (nSPS) is 12.0. The van der Waals surface area contributed by atoms with Crippen LogP contribution in [0.3, 0.4) is 0 Å². The van der Waals surface area contributed by atoms with Crippen LogP contribution in [-0.4, -0.2) is 20.6 Å². The van der Waals surface area contributed by atoms with Gasteiger partial charge in [0.2, 0.25) is 0 Å². The summed E-state index contributed by atoms with van der Waals surface area (Å²) in [6.45, 7) is 8.45. The number of imidazole rings is 1. The summed E-state index contributed by atoms with van der Waals surface area (Å²) in [5, 5.41) is 9.12. The summed E-state index contributed by atoms with van der Waals surface area (Å²) in [4.78, 5) is 15.6. The molecule has 4 heteroatoms. The number of hydrogen-bond donors (Lipinski definition) is 1. The van der Waals surface area contributed by atoms with Gasteiger partial charge in [-0.15, -0.1) is 0 Å². The van der Waals surface area contributed by atoms with Crippen LogP contribution in [0, 0.1) is 6.92 Å². The van der Waals surface area contributed by atoms with E-state index in [9.17, 15) is 4.79 Å². The van der Waals surface area contributed by atoms with E-state index in [2.05, 4.69) is 30.3 Å². The van der Waals surface area contributed by atoms with Crippen molar-refractivity contribution in [2.45, 2.75) is 46.1 Å². The number of nitrogens with zero attached hydrogens (tertiary/aromatic N) is 2. The smallest absolute Gasteiger partial charge is 0.335 e. The summed E-state index contributed by atoms with van der Waals surface area (Å²) < 4.78 is 2.15. The number of aromatic nitrogens is 2. The molecule has 1 N–H and O–H groups in total. The second-order valence-corrected chi connectivity index (χ2v) is 5.57. The van der Waals surface area contributed by atoms with E-state index >= 15 is 0 Å². The average molecular weight is 260 g/mol. The second-order valence-electron chi connectivity index (χ2n) is 5.57. The molecule has 0 saturated carbocycles. The highest BCUT2D eigenvalue weighted by atomic mass is 16.4. The lowest BCUT2D eigenvalue weighted by atomic mass is 9.98. The highest BCUT2D eigenvalue weighted by Crippen LogP contribution is 2.29. The average Bonchev–Trinajstić information content (AvgIpc) is 2.63. The third kappa shape index (κ3) is 2.35. The van der Waals surface area contributed by atoms with Gasteiger partial charge >= 0.3 is 5.97 Å². The van der Waals surface area contributed by atoms with E-state index in [0.717, 1.165) is 29.7 Å². The van der Waals surface area contributed by atoms with Gasteiger partial charge in [-0.05, 0) is 45.4 Å². The van der Waals surface area contributed by atoms with Crippen LogP contribution < -0.4 is 0 Å². The first kappa shape index (κ1) is 13.6. The number of carbonyl (C=O) groups is 1. The van der Waals surface area contributed by atoms with Gasteiger partial charge in [0.1, 0.15) is 5.82 Å². The van der Waals surface area contributed by atoms with E-state index in [1.807, 2.05) is 6.92 Å². The van der Waals surface area contributed by atoms with Gasteiger partial charge < -0.3 is 9.67 Å². The van der Waals surface area contributed by atoms with Crippen molar-refractivity contribution in [3.05, 3.63) is 29.6 Å². The van der Waals surface area contributed by atoms with Gasteiger partial charge in [-0.25, -0.2) is 9.78 Å². The van der Waals surface area contributed by atoms with Crippen LogP contribution >= 0.6 is 0 Å². The number of rotatable bonds is 4. The molecule has 102 valence electrons. The number of fused-ring (bicyclic) bond motifs is 1. The Morgan fingerprint density at radius 1 is 1.42 bits per heavy atom. The van der Waals surface area contributed by atoms with Crippen LogP contribution in [0.25, 0.3) is 11.0 Å². The molecule has 0 atom stereocenters. The fourth-order valence-corrected chi connectivity index (χ4v) is 2.82. The number of aryl methyl sites for hydroxylation is 1. The van der Waals surface area contributed by atoms with Crippen LogP contribution in [-0.2, 0) is 5.54 Å². The molecule has 0 spiro atoms. The van der Waals surface area contributed by atoms with Crippen molar-refractivity contribution in [3.8, 4) is 0 Å². The summed E-state index contributed by atoms with van der Waals surface area (Å²) >= 11 is 0. The highest BCUT2D eigenvalue weighted by molar-refractivity contribution is 5.92. The molecule has 0 unspecified atom stereocenters. The van der Waals surface area contributed by atoms with Crippen molar-refractivity contribution < 1.29 is 9.90 Å². The van der Waals surface area contributed by atoms with Gasteiger partial charge in [0.05, 0.1) is 16.6 Å². The maximum Gasteiger partial charge on any atom is 0.335 e. The summed E-state index contributed by atoms with van der Waals surface area (Å²) in [6, 6.07) is 5.10. The molecule has 1 aromatic carbocycles. The number of hydrogen-bond acceptors (Lipinski definition) is 2. The maximum atomic E-state index is 11.1. The zero-order valence-electron chi connectivity index (χ0n) is 11.9. The fraction of sp³-hybridized carbons (Fsp3) is 0.467. The third-order valence-electron chi connectivity index (χ3n) is 3.54. The summed E-state index contributed by atoms with van der Waals surface area (Å²) in [5.74, 6) is 0.0246. The zero-order valence-corrected chi connectivity index (χ0v) is 11.9. The number of carboxylic acid groups (broad SMARTS) is 1. The van der Waals surface area contributed by atoms with Crippen molar-refractivity contribution >= 4 is 17.0 Å². The lowest BCUT2D eigenvalue weighted by molar-refractivity contribution is 0.0697. The molecule has 0 bridgehead atoms.